The van der Waals surface area contributed by atoms with Crippen molar-refractivity contribution in [2.24, 2.45) is 0 Å². The number of aryl methyl sites for hydroxylation is 1. The second-order valence-electron chi connectivity index (χ2n) is 6.03. The maximum Gasteiger partial charge on any atom is 0.237 e. The number of amides is 1. The van der Waals surface area contributed by atoms with Gasteiger partial charge < -0.3 is 14.8 Å². The molecule has 3 aromatic rings. The Morgan fingerprint density at radius 2 is 1.96 bits per heavy atom. The molecule has 1 aromatic heterocycles. The van der Waals surface area contributed by atoms with Crippen LogP contribution in [0, 0.1) is 6.92 Å². The minimum atomic E-state index is -0.398. The van der Waals surface area contributed by atoms with Crippen LogP contribution >= 0.6 is 11.8 Å². The maximum atomic E-state index is 12.5. The van der Waals surface area contributed by atoms with E-state index in [1.54, 1.807) is 29.8 Å². The molecule has 2 aromatic carbocycles. The number of thioether (sulfide) groups is 1. The summed E-state index contributed by atoms with van der Waals surface area (Å²) in [5.74, 6) is 1.14. The zero-order chi connectivity index (χ0) is 18.8. The molecule has 1 aliphatic rings. The fourth-order valence-electron chi connectivity index (χ4n) is 2.53. The van der Waals surface area contributed by atoms with Crippen LogP contribution in [0.2, 0.25) is 0 Å². The summed E-state index contributed by atoms with van der Waals surface area (Å²) >= 11 is 1.29. The first-order chi connectivity index (χ1) is 13.1. The van der Waals surface area contributed by atoms with Gasteiger partial charge in [0.05, 0.1) is 10.9 Å². The minimum Gasteiger partial charge on any atom is -0.454 e. The molecule has 8 nitrogen and oxygen atoms in total. The average Bonchev–Trinajstić information content (AvgIpc) is 3.31. The van der Waals surface area contributed by atoms with Crippen molar-refractivity contribution in [3.63, 3.8) is 0 Å². The zero-order valence-corrected chi connectivity index (χ0v) is 15.6. The number of hydrogen-bond donors (Lipinski definition) is 1. The van der Waals surface area contributed by atoms with Gasteiger partial charge in [-0.3, -0.25) is 4.79 Å². The van der Waals surface area contributed by atoms with Crippen molar-refractivity contribution < 1.29 is 14.3 Å². The van der Waals surface area contributed by atoms with Crippen LogP contribution in [0.15, 0.2) is 47.6 Å². The third-order valence-electron chi connectivity index (χ3n) is 4.01. The van der Waals surface area contributed by atoms with E-state index in [-0.39, 0.29) is 12.7 Å². The van der Waals surface area contributed by atoms with E-state index in [1.807, 2.05) is 31.2 Å². The summed E-state index contributed by atoms with van der Waals surface area (Å²) in [6.45, 7) is 4.02. The highest BCUT2D eigenvalue weighted by atomic mass is 32.2. The molecular weight excluding hydrogens is 366 g/mol. The molecule has 4 rings (SSSR count). The fraction of sp³-hybridized carbons (Fsp3) is 0.222. The minimum absolute atomic E-state index is 0.155. The first kappa shape index (κ1) is 17.3. The van der Waals surface area contributed by atoms with E-state index in [4.69, 9.17) is 9.47 Å². The lowest BCUT2D eigenvalue weighted by Gasteiger charge is -2.12. The summed E-state index contributed by atoms with van der Waals surface area (Å²) in [7, 11) is 0. The van der Waals surface area contributed by atoms with Crippen molar-refractivity contribution in [2.45, 2.75) is 24.3 Å². The molecular formula is C18H17N5O3S. The highest BCUT2D eigenvalue weighted by Crippen LogP contribution is 2.34. The average molecular weight is 383 g/mol. The van der Waals surface area contributed by atoms with Crippen molar-refractivity contribution >= 4 is 23.4 Å². The van der Waals surface area contributed by atoms with E-state index < -0.39 is 5.25 Å². The van der Waals surface area contributed by atoms with Gasteiger partial charge in [-0.25, -0.2) is 0 Å². The van der Waals surface area contributed by atoms with Crippen LogP contribution in [0.25, 0.3) is 5.69 Å². The molecule has 138 valence electrons. The predicted octanol–water partition coefficient (Wildman–Crippen LogP) is 2.82. The number of carbonyl (C=O) groups is 1. The first-order valence-corrected chi connectivity index (χ1v) is 9.21. The summed E-state index contributed by atoms with van der Waals surface area (Å²) in [5, 5.41) is 14.8. The quantitative estimate of drug-likeness (QED) is 0.678. The molecule has 0 saturated heterocycles. The smallest absolute Gasteiger partial charge is 0.237 e. The third-order valence-corrected chi connectivity index (χ3v) is 5.04. The summed E-state index contributed by atoms with van der Waals surface area (Å²) < 4.78 is 12.2. The Morgan fingerprint density at radius 3 is 2.78 bits per heavy atom. The lowest BCUT2D eigenvalue weighted by Crippen LogP contribution is -2.22. The molecule has 0 bridgehead atoms. The lowest BCUT2D eigenvalue weighted by molar-refractivity contribution is -0.115. The number of tetrazole rings is 1. The van der Waals surface area contributed by atoms with Crippen LogP contribution in [-0.2, 0) is 4.79 Å². The Morgan fingerprint density at radius 1 is 1.19 bits per heavy atom. The summed E-state index contributed by atoms with van der Waals surface area (Å²) in [4.78, 5) is 12.5. The Balaban J connectivity index is 1.45. The van der Waals surface area contributed by atoms with Crippen LogP contribution in [0.5, 0.6) is 11.5 Å². The number of rotatable bonds is 5. The lowest BCUT2D eigenvalue weighted by atomic mass is 10.2. The van der Waals surface area contributed by atoms with Crippen LogP contribution in [0.3, 0.4) is 0 Å². The number of nitrogens with one attached hydrogen (secondary N) is 1. The number of hydrogen-bond acceptors (Lipinski definition) is 7. The molecule has 0 spiro atoms. The number of nitrogens with zero attached hydrogens (tertiary/aromatic N) is 4. The van der Waals surface area contributed by atoms with Gasteiger partial charge in [0.2, 0.25) is 17.9 Å². The Labute approximate surface area is 159 Å². The molecule has 1 amide bonds. The highest BCUT2D eigenvalue weighted by Gasteiger charge is 2.20. The van der Waals surface area contributed by atoms with E-state index in [9.17, 15) is 4.79 Å². The number of anilines is 1. The van der Waals surface area contributed by atoms with E-state index in [2.05, 4.69) is 20.8 Å². The standard InChI is InChI=1S/C18H17N5O3S/c1-11-3-6-14(7-4-11)23-18(20-21-22-23)27-12(2)17(24)19-13-5-8-15-16(9-13)26-10-25-15/h3-9,12H,10H2,1-2H3,(H,19,24)/t12-/m1/s1. The van der Waals surface area contributed by atoms with Gasteiger partial charge in [0.15, 0.2) is 11.5 Å². The Hall–Kier alpha value is -3.07. The topological polar surface area (TPSA) is 91.2 Å². The van der Waals surface area contributed by atoms with Gasteiger partial charge in [-0.15, -0.1) is 5.10 Å². The van der Waals surface area contributed by atoms with Crippen molar-refractivity contribution in [1.82, 2.24) is 20.2 Å². The van der Waals surface area contributed by atoms with E-state index in [1.165, 1.54) is 11.8 Å². The molecule has 0 saturated carbocycles. The number of aromatic nitrogens is 4. The number of benzene rings is 2. The van der Waals surface area contributed by atoms with Crippen LogP contribution < -0.4 is 14.8 Å². The van der Waals surface area contributed by atoms with Gasteiger partial charge in [-0.05, 0) is 48.5 Å². The molecule has 27 heavy (non-hydrogen) atoms. The summed E-state index contributed by atoms with van der Waals surface area (Å²) in [6.07, 6.45) is 0. The van der Waals surface area contributed by atoms with E-state index in [0.29, 0.717) is 22.3 Å². The monoisotopic (exact) mass is 383 g/mol. The second-order valence-corrected chi connectivity index (χ2v) is 7.33. The van der Waals surface area contributed by atoms with Gasteiger partial charge in [-0.1, -0.05) is 29.5 Å². The number of fused-ring (bicyclic) bond motifs is 1. The summed E-state index contributed by atoms with van der Waals surface area (Å²) in [5.41, 5.74) is 2.64. The second kappa shape index (κ2) is 7.28. The van der Waals surface area contributed by atoms with Gasteiger partial charge in [0, 0.05) is 11.8 Å². The largest absolute Gasteiger partial charge is 0.454 e. The SMILES string of the molecule is Cc1ccc(-n2nnnc2S[C@H](C)C(=O)Nc2ccc3c(c2)OCO3)cc1. The van der Waals surface area contributed by atoms with Crippen molar-refractivity contribution in [2.75, 3.05) is 12.1 Å². The predicted molar refractivity (Wildman–Crippen MR) is 100 cm³/mol. The van der Waals surface area contributed by atoms with Crippen LogP contribution in [-0.4, -0.2) is 38.2 Å². The normalized spacial score (nSPS) is 13.4. The Kier molecular flexibility index (Phi) is 4.68. The molecule has 1 aliphatic heterocycles. The van der Waals surface area contributed by atoms with Gasteiger partial charge in [0.1, 0.15) is 0 Å². The van der Waals surface area contributed by atoms with Gasteiger partial charge in [0.25, 0.3) is 0 Å². The maximum absolute atomic E-state index is 12.5. The molecule has 0 fully saturated rings. The Bertz CT molecular complexity index is 973. The zero-order valence-electron chi connectivity index (χ0n) is 14.7. The van der Waals surface area contributed by atoms with Crippen LogP contribution in [0.4, 0.5) is 5.69 Å². The van der Waals surface area contributed by atoms with Crippen molar-refractivity contribution in [3.05, 3.63) is 48.0 Å². The molecule has 0 aliphatic carbocycles. The molecule has 0 radical (unpaired) electrons. The van der Waals surface area contributed by atoms with E-state index in [0.717, 1.165) is 11.3 Å². The molecule has 1 N–H and O–H groups in total. The third kappa shape index (κ3) is 3.72. The van der Waals surface area contributed by atoms with E-state index >= 15 is 0 Å². The molecule has 9 heteroatoms. The molecule has 2 heterocycles. The van der Waals surface area contributed by atoms with Gasteiger partial charge in [-0.2, -0.15) is 4.68 Å². The summed E-state index contributed by atoms with van der Waals surface area (Å²) in [6, 6.07) is 13.1. The fourth-order valence-corrected chi connectivity index (χ4v) is 3.34. The first-order valence-electron chi connectivity index (χ1n) is 8.33. The number of ether oxygens (including phenoxy) is 2. The number of carbonyl (C=O) groups excluding carboxylic acids is 1. The highest BCUT2D eigenvalue weighted by molar-refractivity contribution is 8.00. The molecule has 0 unspecified atom stereocenters. The van der Waals surface area contributed by atoms with Gasteiger partial charge >= 0.3 is 0 Å². The van der Waals surface area contributed by atoms with Crippen LogP contribution in [0.1, 0.15) is 12.5 Å². The van der Waals surface area contributed by atoms with Crippen molar-refractivity contribution in [3.8, 4) is 17.2 Å². The molecule has 1 atom stereocenters. The van der Waals surface area contributed by atoms with Crippen molar-refractivity contribution in [1.29, 1.82) is 0 Å².